The Morgan fingerprint density at radius 1 is 1.17 bits per heavy atom. The van der Waals surface area contributed by atoms with Gasteiger partial charge in [-0.25, -0.2) is 0 Å². The molecule has 18 heavy (non-hydrogen) atoms. The SMILES string of the molecule is CCC(CC)C(O)CNCc1ccc(Br)c(Br)c1. The highest BCUT2D eigenvalue weighted by molar-refractivity contribution is 9.13. The predicted molar refractivity (Wildman–Crippen MR) is 83.6 cm³/mol. The molecule has 4 heteroatoms. The Morgan fingerprint density at radius 2 is 1.83 bits per heavy atom. The third-order valence-corrected chi connectivity index (χ3v) is 5.14. The van der Waals surface area contributed by atoms with E-state index in [1.807, 2.05) is 6.07 Å². The highest BCUT2D eigenvalue weighted by atomic mass is 79.9. The molecule has 0 spiro atoms. The van der Waals surface area contributed by atoms with Gasteiger partial charge in [-0.2, -0.15) is 0 Å². The fraction of sp³-hybridized carbons (Fsp3) is 0.571. The van der Waals surface area contributed by atoms with Crippen LogP contribution < -0.4 is 5.32 Å². The van der Waals surface area contributed by atoms with Crippen molar-refractivity contribution in [1.82, 2.24) is 5.32 Å². The third kappa shape index (κ3) is 5.00. The molecule has 0 aliphatic carbocycles. The molecule has 0 radical (unpaired) electrons. The predicted octanol–water partition coefficient (Wildman–Crippen LogP) is 4.10. The first-order chi connectivity index (χ1) is 8.58. The molecule has 102 valence electrons. The van der Waals surface area contributed by atoms with Crippen molar-refractivity contribution in [3.63, 3.8) is 0 Å². The summed E-state index contributed by atoms with van der Waals surface area (Å²) in [6.07, 6.45) is 1.81. The van der Waals surface area contributed by atoms with Crippen LogP contribution in [0.1, 0.15) is 32.3 Å². The van der Waals surface area contributed by atoms with Crippen LogP contribution in [0.4, 0.5) is 0 Å². The van der Waals surface area contributed by atoms with E-state index >= 15 is 0 Å². The van der Waals surface area contributed by atoms with Gasteiger partial charge in [-0.15, -0.1) is 0 Å². The molecule has 0 bridgehead atoms. The van der Waals surface area contributed by atoms with E-state index in [-0.39, 0.29) is 6.10 Å². The fourth-order valence-corrected chi connectivity index (χ4v) is 2.69. The lowest BCUT2D eigenvalue weighted by atomic mass is 9.96. The van der Waals surface area contributed by atoms with Gasteiger partial charge in [0.1, 0.15) is 0 Å². The Balaban J connectivity index is 2.39. The van der Waals surface area contributed by atoms with Crippen LogP contribution in [-0.4, -0.2) is 17.8 Å². The van der Waals surface area contributed by atoms with Crippen LogP contribution in [0.2, 0.25) is 0 Å². The quantitative estimate of drug-likeness (QED) is 0.748. The van der Waals surface area contributed by atoms with E-state index in [1.165, 1.54) is 5.56 Å². The number of rotatable bonds is 7. The average Bonchev–Trinajstić information content (AvgIpc) is 2.35. The zero-order valence-corrected chi connectivity index (χ0v) is 14.1. The molecular weight excluding hydrogens is 358 g/mol. The summed E-state index contributed by atoms with van der Waals surface area (Å²) in [4.78, 5) is 0. The molecule has 2 N–H and O–H groups in total. The zero-order valence-electron chi connectivity index (χ0n) is 10.9. The molecular formula is C14H21Br2NO. The molecule has 0 amide bonds. The van der Waals surface area contributed by atoms with E-state index in [4.69, 9.17) is 0 Å². The van der Waals surface area contributed by atoms with Crippen molar-refractivity contribution >= 4 is 31.9 Å². The maximum atomic E-state index is 10.0. The third-order valence-electron chi connectivity index (χ3n) is 3.26. The Labute approximate surface area is 126 Å². The van der Waals surface area contributed by atoms with Gasteiger partial charge in [0.05, 0.1) is 6.10 Å². The molecule has 1 aromatic carbocycles. The summed E-state index contributed by atoms with van der Waals surface area (Å²) in [7, 11) is 0. The maximum Gasteiger partial charge on any atom is 0.0692 e. The second kappa shape index (κ2) is 8.31. The first-order valence-corrected chi connectivity index (χ1v) is 7.99. The normalized spacial score (nSPS) is 13.0. The summed E-state index contributed by atoms with van der Waals surface area (Å²) in [6.45, 7) is 5.69. The summed E-state index contributed by atoms with van der Waals surface area (Å²) in [5.41, 5.74) is 1.21. The number of hydrogen-bond acceptors (Lipinski definition) is 2. The Bertz CT molecular complexity index is 367. The summed E-state index contributed by atoms with van der Waals surface area (Å²) in [5, 5.41) is 13.3. The van der Waals surface area contributed by atoms with Crippen molar-refractivity contribution in [2.24, 2.45) is 5.92 Å². The van der Waals surface area contributed by atoms with Crippen LogP contribution >= 0.6 is 31.9 Å². The number of benzene rings is 1. The number of aliphatic hydroxyl groups excluding tert-OH is 1. The molecule has 0 saturated heterocycles. The van der Waals surface area contributed by atoms with E-state index in [2.05, 4.69) is 63.2 Å². The molecule has 0 aromatic heterocycles. The van der Waals surface area contributed by atoms with Crippen LogP contribution in [0.3, 0.4) is 0 Å². The smallest absolute Gasteiger partial charge is 0.0692 e. The van der Waals surface area contributed by atoms with Crippen molar-refractivity contribution in [2.75, 3.05) is 6.54 Å². The van der Waals surface area contributed by atoms with E-state index in [9.17, 15) is 5.11 Å². The monoisotopic (exact) mass is 377 g/mol. The average molecular weight is 379 g/mol. The highest BCUT2D eigenvalue weighted by Crippen LogP contribution is 2.23. The minimum Gasteiger partial charge on any atom is -0.392 e. The van der Waals surface area contributed by atoms with Crippen molar-refractivity contribution in [3.8, 4) is 0 Å². The first kappa shape index (κ1) is 16.2. The second-order valence-electron chi connectivity index (χ2n) is 4.52. The van der Waals surface area contributed by atoms with Crippen molar-refractivity contribution in [2.45, 2.75) is 39.3 Å². The number of nitrogens with one attached hydrogen (secondary N) is 1. The topological polar surface area (TPSA) is 32.3 Å². The van der Waals surface area contributed by atoms with Gasteiger partial charge in [-0.05, 0) is 55.5 Å². The van der Waals surface area contributed by atoms with Crippen molar-refractivity contribution in [3.05, 3.63) is 32.7 Å². The maximum absolute atomic E-state index is 10.0. The lowest BCUT2D eigenvalue weighted by Gasteiger charge is -2.20. The van der Waals surface area contributed by atoms with E-state index in [0.717, 1.165) is 28.3 Å². The molecule has 1 aromatic rings. The Kier molecular flexibility index (Phi) is 7.46. The molecule has 0 aliphatic heterocycles. The van der Waals surface area contributed by atoms with E-state index < -0.39 is 0 Å². The zero-order chi connectivity index (χ0) is 13.5. The van der Waals surface area contributed by atoms with Gasteiger partial charge in [0.25, 0.3) is 0 Å². The van der Waals surface area contributed by atoms with Crippen LogP contribution in [0.5, 0.6) is 0 Å². The van der Waals surface area contributed by atoms with Crippen LogP contribution in [-0.2, 0) is 6.54 Å². The van der Waals surface area contributed by atoms with Crippen LogP contribution in [0, 0.1) is 5.92 Å². The lowest BCUT2D eigenvalue weighted by molar-refractivity contribution is 0.101. The van der Waals surface area contributed by atoms with Gasteiger partial charge in [-0.3, -0.25) is 0 Å². The second-order valence-corrected chi connectivity index (χ2v) is 6.23. The molecule has 1 unspecified atom stereocenters. The van der Waals surface area contributed by atoms with Gasteiger partial charge in [0, 0.05) is 22.0 Å². The summed E-state index contributed by atoms with van der Waals surface area (Å²) in [5.74, 6) is 0.397. The van der Waals surface area contributed by atoms with Gasteiger partial charge in [-0.1, -0.05) is 32.8 Å². The molecule has 0 fully saturated rings. The molecule has 0 saturated carbocycles. The van der Waals surface area contributed by atoms with Crippen molar-refractivity contribution in [1.29, 1.82) is 0 Å². The molecule has 2 nitrogen and oxygen atoms in total. The lowest BCUT2D eigenvalue weighted by Crippen LogP contribution is -2.32. The van der Waals surface area contributed by atoms with Crippen molar-refractivity contribution < 1.29 is 5.11 Å². The van der Waals surface area contributed by atoms with Crippen LogP contribution in [0.25, 0.3) is 0 Å². The number of halogens is 2. The summed E-state index contributed by atoms with van der Waals surface area (Å²) in [6, 6.07) is 6.18. The van der Waals surface area contributed by atoms with E-state index in [0.29, 0.717) is 12.5 Å². The molecule has 0 aliphatic rings. The fourth-order valence-electron chi connectivity index (χ4n) is 2.01. The van der Waals surface area contributed by atoms with Gasteiger partial charge in [0.2, 0.25) is 0 Å². The summed E-state index contributed by atoms with van der Waals surface area (Å²) >= 11 is 6.94. The standard InChI is InChI=1S/C14H21Br2NO/c1-3-11(4-2)14(18)9-17-8-10-5-6-12(15)13(16)7-10/h5-7,11,14,17-18H,3-4,8-9H2,1-2H3. The molecule has 1 atom stereocenters. The number of aliphatic hydroxyl groups is 1. The largest absolute Gasteiger partial charge is 0.392 e. The highest BCUT2D eigenvalue weighted by Gasteiger charge is 2.14. The van der Waals surface area contributed by atoms with Gasteiger partial charge in [0.15, 0.2) is 0 Å². The van der Waals surface area contributed by atoms with Crippen LogP contribution in [0.15, 0.2) is 27.1 Å². The molecule has 0 heterocycles. The minimum absolute atomic E-state index is 0.251. The van der Waals surface area contributed by atoms with Gasteiger partial charge >= 0.3 is 0 Å². The molecule has 1 rings (SSSR count). The first-order valence-electron chi connectivity index (χ1n) is 6.41. The van der Waals surface area contributed by atoms with Gasteiger partial charge < -0.3 is 10.4 Å². The Hall–Kier alpha value is 0.1000. The number of hydrogen-bond donors (Lipinski definition) is 2. The minimum atomic E-state index is -0.251. The van der Waals surface area contributed by atoms with E-state index in [1.54, 1.807) is 0 Å². The summed E-state index contributed by atoms with van der Waals surface area (Å²) < 4.78 is 2.12. The Morgan fingerprint density at radius 3 is 2.39 bits per heavy atom.